The number of aromatic nitrogens is 4. The number of amides is 1. The third-order valence-electron chi connectivity index (χ3n) is 9.89. The number of likely N-dealkylation sites (tertiary alicyclic amines) is 1. The molecule has 1 saturated carbocycles. The first-order valence-corrected chi connectivity index (χ1v) is 15.6. The number of pyridine rings is 2. The van der Waals surface area contributed by atoms with Crippen LogP contribution in [-0.4, -0.2) is 55.0 Å². The van der Waals surface area contributed by atoms with E-state index in [2.05, 4.69) is 53.0 Å². The number of hydrogen-bond donors (Lipinski definition) is 1. The fourth-order valence-corrected chi connectivity index (χ4v) is 7.30. The molecule has 2 aliphatic heterocycles. The molecule has 4 aromatic rings. The summed E-state index contributed by atoms with van der Waals surface area (Å²) < 4.78 is 16.7. The molecule has 224 valence electrons. The topological polar surface area (TPSA) is 79.2 Å². The minimum atomic E-state index is -0.587. The smallest absolute Gasteiger partial charge is 0.237 e. The van der Waals surface area contributed by atoms with Crippen LogP contribution >= 0.6 is 0 Å². The summed E-state index contributed by atoms with van der Waals surface area (Å²) >= 11 is 0. The predicted octanol–water partition coefficient (Wildman–Crippen LogP) is 6.99. The average molecular weight is 582 g/mol. The van der Waals surface area contributed by atoms with Gasteiger partial charge in [0.15, 0.2) is 11.6 Å². The van der Waals surface area contributed by atoms with E-state index in [1.54, 1.807) is 18.6 Å². The van der Waals surface area contributed by atoms with Gasteiger partial charge in [-0.05, 0) is 90.6 Å². The second-order valence-corrected chi connectivity index (χ2v) is 13.3. The highest BCUT2D eigenvalue weighted by Crippen LogP contribution is 2.48. The van der Waals surface area contributed by atoms with Gasteiger partial charge in [-0.1, -0.05) is 18.6 Å². The summed E-state index contributed by atoms with van der Waals surface area (Å²) in [5.74, 6) is 0.240. The highest BCUT2D eigenvalue weighted by molar-refractivity contribution is 6.08. The summed E-state index contributed by atoms with van der Waals surface area (Å²) in [6.45, 7) is 11.7. The number of imidazole rings is 1. The van der Waals surface area contributed by atoms with E-state index in [-0.39, 0.29) is 18.0 Å². The van der Waals surface area contributed by atoms with Gasteiger partial charge in [0.25, 0.3) is 0 Å². The van der Waals surface area contributed by atoms with E-state index in [1.165, 1.54) is 32.0 Å². The number of carbonyl (C=O) groups excluding carboxylic acids is 1. The second-order valence-electron chi connectivity index (χ2n) is 13.3. The maximum atomic E-state index is 14.7. The van der Waals surface area contributed by atoms with Crippen molar-refractivity contribution in [3.63, 3.8) is 0 Å². The van der Waals surface area contributed by atoms with Gasteiger partial charge in [-0.25, -0.2) is 14.4 Å². The van der Waals surface area contributed by atoms with Crippen molar-refractivity contribution < 1.29 is 9.18 Å². The van der Waals surface area contributed by atoms with Gasteiger partial charge in [0, 0.05) is 41.6 Å². The summed E-state index contributed by atoms with van der Waals surface area (Å²) in [5.41, 5.74) is 4.93. The largest absolute Gasteiger partial charge is 0.336 e. The number of fused-ring (bicyclic) bond motifs is 2. The number of piperidine rings is 1. The lowest BCUT2D eigenvalue weighted by molar-refractivity contribution is -0.123. The van der Waals surface area contributed by atoms with E-state index in [0.29, 0.717) is 29.3 Å². The monoisotopic (exact) mass is 581 g/mol. The minimum Gasteiger partial charge on any atom is -0.336 e. The van der Waals surface area contributed by atoms with Crippen LogP contribution in [0.1, 0.15) is 78.3 Å². The van der Waals surface area contributed by atoms with Crippen LogP contribution in [0.4, 0.5) is 21.6 Å². The van der Waals surface area contributed by atoms with Crippen molar-refractivity contribution in [1.82, 2.24) is 24.4 Å². The number of halogens is 1. The summed E-state index contributed by atoms with van der Waals surface area (Å²) in [6.07, 6.45) is 10.4. The van der Waals surface area contributed by atoms with E-state index in [1.807, 2.05) is 30.5 Å². The maximum Gasteiger partial charge on any atom is 0.237 e. The Bertz CT molecular complexity index is 1710. The molecule has 7 rings (SSSR count). The normalized spacial score (nSPS) is 23.6. The number of carbonyl (C=O) groups is 1. The summed E-state index contributed by atoms with van der Waals surface area (Å²) in [5, 5.41) is 3.21. The van der Waals surface area contributed by atoms with E-state index >= 15 is 0 Å². The lowest BCUT2D eigenvalue weighted by Crippen LogP contribution is -2.58. The highest BCUT2D eigenvalue weighted by atomic mass is 19.1. The van der Waals surface area contributed by atoms with Crippen LogP contribution in [-0.2, 0) is 10.2 Å². The third-order valence-corrected chi connectivity index (χ3v) is 9.89. The van der Waals surface area contributed by atoms with Crippen molar-refractivity contribution >= 4 is 34.1 Å². The lowest BCUT2D eigenvalue weighted by atomic mass is 9.81. The number of benzene rings is 1. The molecular weight excluding hydrogens is 541 g/mol. The van der Waals surface area contributed by atoms with E-state index in [4.69, 9.17) is 9.97 Å². The van der Waals surface area contributed by atoms with Crippen LogP contribution in [0.3, 0.4) is 0 Å². The molecule has 5 heterocycles. The molecule has 1 aromatic carbocycles. The first-order valence-electron chi connectivity index (χ1n) is 15.6. The predicted molar refractivity (Wildman–Crippen MR) is 168 cm³/mol. The van der Waals surface area contributed by atoms with Crippen LogP contribution in [0.25, 0.3) is 22.3 Å². The summed E-state index contributed by atoms with van der Waals surface area (Å²) in [4.78, 5) is 32.2. The molecule has 1 aliphatic carbocycles. The van der Waals surface area contributed by atoms with Crippen molar-refractivity contribution in [2.75, 3.05) is 16.8 Å². The first kappa shape index (κ1) is 28.0. The van der Waals surface area contributed by atoms with Crippen LogP contribution in [0, 0.1) is 5.82 Å². The molecule has 43 heavy (non-hydrogen) atoms. The van der Waals surface area contributed by atoms with Crippen molar-refractivity contribution in [2.45, 2.75) is 96.3 Å². The SMILES string of the molecule is CC(C)n1cnc2cc(-c3ccc4c(c3)N(C3CC(N5CCCC[C@@H]5C)C3)C(=O)C4(C)C)nc(Nc3ccncc3F)c21. The molecule has 2 fully saturated rings. The Kier molecular flexibility index (Phi) is 6.76. The van der Waals surface area contributed by atoms with Gasteiger partial charge in [0.2, 0.25) is 5.91 Å². The average Bonchev–Trinajstić information content (AvgIpc) is 3.48. The molecular formula is C34H40FN7O. The fourth-order valence-electron chi connectivity index (χ4n) is 7.30. The third kappa shape index (κ3) is 4.60. The number of rotatable bonds is 6. The molecule has 3 aromatic heterocycles. The van der Waals surface area contributed by atoms with Crippen molar-refractivity contribution in [3.8, 4) is 11.3 Å². The van der Waals surface area contributed by atoms with Gasteiger partial charge < -0.3 is 14.8 Å². The van der Waals surface area contributed by atoms with E-state index < -0.39 is 11.2 Å². The molecule has 0 bridgehead atoms. The number of nitrogens with one attached hydrogen (secondary N) is 1. The zero-order valence-corrected chi connectivity index (χ0v) is 25.6. The minimum absolute atomic E-state index is 0.140. The molecule has 1 saturated heterocycles. The standard InChI is InChI=1S/C34H40FN7O/c1-20(2)41-19-37-29-17-28(39-32(31(29)41)38-27-11-12-36-18-26(27)35)22-9-10-25-30(14-22)42(33(43)34(25,4)5)24-15-23(16-24)40-13-7-6-8-21(40)3/h9-12,14,17-21,23-24H,6-8,13,15-16H2,1-5H3,(H,36,38,39)/t21-,23?,24?/m0/s1. The van der Waals surface area contributed by atoms with Crippen molar-refractivity contribution in [3.05, 3.63) is 60.4 Å². The van der Waals surface area contributed by atoms with Gasteiger partial charge in [-0.15, -0.1) is 0 Å². The van der Waals surface area contributed by atoms with Crippen LogP contribution in [0.5, 0.6) is 0 Å². The summed E-state index contributed by atoms with van der Waals surface area (Å²) in [7, 11) is 0. The zero-order chi connectivity index (χ0) is 30.0. The Morgan fingerprint density at radius 1 is 1.09 bits per heavy atom. The first-order chi connectivity index (χ1) is 20.6. The van der Waals surface area contributed by atoms with Crippen molar-refractivity contribution in [2.24, 2.45) is 0 Å². The number of anilines is 3. The Hall–Kier alpha value is -3.85. The van der Waals surface area contributed by atoms with E-state index in [9.17, 15) is 9.18 Å². The Labute approximate surface area is 252 Å². The van der Waals surface area contributed by atoms with E-state index in [0.717, 1.165) is 40.7 Å². The lowest BCUT2D eigenvalue weighted by Gasteiger charge is -2.50. The number of nitrogens with zero attached hydrogens (tertiary/aromatic N) is 6. The second kappa shape index (κ2) is 10.4. The fraction of sp³-hybridized carbons (Fsp3) is 0.471. The molecule has 0 radical (unpaired) electrons. The van der Waals surface area contributed by atoms with Crippen LogP contribution in [0.15, 0.2) is 49.1 Å². The van der Waals surface area contributed by atoms with Gasteiger partial charge in [-0.2, -0.15) is 0 Å². The Balaban J connectivity index is 1.26. The van der Waals surface area contributed by atoms with Crippen LogP contribution in [0.2, 0.25) is 0 Å². The highest BCUT2D eigenvalue weighted by Gasteiger charge is 2.50. The van der Waals surface area contributed by atoms with Gasteiger partial charge in [-0.3, -0.25) is 14.7 Å². The molecule has 0 unspecified atom stereocenters. The quantitative estimate of drug-likeness (QED) is 0.265. The van der Waals surface area contributed by atoms with Gasteiger partial charge in [0.05, 0.1) is 34.8 Å². The zero-order valence-electron chi connectivity index (χ0n) is 25.6. The molecule has 1 amide bonds. The Morgan fingerprint density at radius 3 is 2.65 bits per heavy atom. The molecule has 9 heteroatoms. The molecule has 0 spiro atoms. The van der Waals surface area contributed by atoms with Crippen molar-refractivity contribution in [1.29, 1.82) is 0 Å². The molecule has 8 nitrogen and oxygen atoms in total. The van der Waals surface area contributed by atoms with Gasteiger partial charge >= 0.3 is 0 Å². The summed E-state index contributed by atoms with van der Waals surface area (Å²) in [6, 6.07) is 11.3. The van der Waals surface area contributed by atoms with Gasteiger partial charge in [0.1, 0.15) is 5.52 Å². The number of hydrogen-bond acceptors (Lipinski definition) is 6. The molecule has 1 N–H and O–H groups in total. The molecule has 1 atom stereocenters. The Morgan fingerprint density at radius 2 is 1.91 bits per heavy atom. The molecule has 3 aliphatic rings. The van der Waals surface area contributed by atoms with Crippen LogP contribution < -0.4 is 10.2 Å². The maximum absolute atomic E-state index is 14.7.